The number of H-pyrrole nitrogens is 1. The third kappa shape index (κ3) is 4.84. The Bertz CT molecular complexity index is 1250. The highest BCUT2D eigenvalue weighted by atomic mass is 35.5. The van der Waals surface area contributed by atoms with Crippen LogP contribution >= 0.6 is 11.6 Å². The SMILES string of the molecule is O=C(NCCc1ccc(Cl)cc1)[C@@H]1CCCN(S(=O)(=O)c2ccc3[nH]c(=O)oc3c2)C1. The molecular weight excluding hydrogens is 442 g/mol. The van der Waals surface area contributed by atoms with Crippen molar-refractivity contribution in [3.8, 4) is 0 Å². The number of nitrogens with one attached hydrogen (secondary N) is 2. The minimum absolute atomic E-state index is 0.0338. The Labute approximate surface area is 184 Å². The molecule has 1 atom stereocenters. The van der Waals surface area contributed by atoms with Gasteiger partial charge in [-0.15, -0.1) is 0 Å². The van der Waals surface area contributed by atoms with Crippen LogP contribution in [0.15, 0.2) is 56.6 Å². The van der Waals surface area contributed by atoms with E-state index in [-0.39, 0.29) is 22.9 Å². The summed E-state index contributed by atoms with van der Waals surface area (Å²) in [5.74, 6) is -1.21. The Balaban J connectivity index is 1.39. The van der Waals surface area contributed by atoms with Crippen LogP contribution in [0.4, 0.5) is 0 Å². The van der Waals surface area contributed by atoms with Crippen molar-refractivity contribution in [2.24, 2.45) is 5.92 Å². The second-order valence-electron chi connectivity index (χ2n) is 7.54. The van der Waals surface area contributed by atoms with E-state index in [9.17, 15) is 18.0 Å². The van der Waals surface area contributed by atoms with E-state index in [1.54, 1.807) is 12.1 Å². The van der Waals surface area contributed by atoms with Gasteiger partial charge in [-0.2, -0.15) is 4.31 Å². The largest absolute Gasteiger partial charge is 0.417 e. The lowest BCUT2D eigenvalue weighted by atomic mass is 9.99. The molecule has 1 fully saturated rings. The lowest BCUT2D eigenvalue weighted by Crippen LogP contribution is -2.45. The fourth-order valence-electron chi connectivity index (χ4n) is 3.74. The number of sulfonamides is 1. The molecular formula is C21H22ClN3O5S. The van der Waals surface area contributed by atoms with Gasteiger partial charge in [0.2, 0.25) is 15.9 Å². The molecule has 8 nitrogen and oxygen atoms in total. The van der Waals surface area contributed by atoms with Gasteiger partial charge in [-0.1, -0.05) is 23.7 Å². The lowest BCUT2D eigenvalue weighted by molar-refractivity contribution is -0.126. The molecule has 31 heavy (non-hydrogen) atoms. The Morgan fingerprint density at radius 1 is 1.23 bits per heavy atom. The molecule has 1 aliphatic rings. The molecule has 2 N–H and O–H groups in total. The summed E-state index contributed by atoms with van der Waals surface area (Å²) >= 11 is 5.88. The molecule has 0 spiro atoms. The van der Waals surface area contributed by atoms with E-state index >= 15 is 0 Å². The molecule has 164 valence electrons. The number of carbonyl (C=O) groups is 1. The van der Waals surface area contributed by atoms with Crippen molar-refractivity contribution in [2.75, 3.05) is 19.6 Å². The van der Waals surface area contributed by atoms with E-state index in [1.807, 2.05) is 12.1 Å². The van der Waals surface area contributed by atoms with Crippen molar-refractivity contribution in [3.05, 3.63) is 63.6 Å². The average Bonchev–Trinajstić information content (AvgIpc) is 3.14. The highest BCUT2D eigenvalue weighted by Gasteiger charge is 2.33. The lowest BCUT2D eigenvalue weighted by Gasteiger charge is -2.31. The maximum atomic E-state index is 13.1. The summed E-state index contributed by atoms with van der Waals surface area (Å²) < 4.78 is 32.5. The third-order valence-corrected chi connectivity index (χ3v) is 7.52. The number of hydrogen-bond donors (Lipinski definition) is 2. The first-order chi connectivity index (χ1) is 14.8. The predicted octanol–water partition coefficient (Wildman–Crippen LogP) is 2.53. The van der Waals surface area contributed by atoms with Crippen LogP contribution in [0.2, 0.25) is 5.02 Å². The number of amides is 1. The molecule has 0 radical (unpaired) electrons. The third-order valence-electron chi connectivity index (χ3n) is 5.41. The quantitative estimate of drug-likeness (QED) is 0.583. The van der Waals surface area contributed by atoms with E-state index < -0.39 is 21.7 Å². The number of aromatic amines is 1. The molecule has 2 aromatic carbocycles. The van der Waals surface area contributed by atoms with Crippen LogP contribution < -0.4 is 11.1 Å². The van der Waals surface area contributed by atoms with Gasteiger partial charge in [-0.3, -0.25) is 9.78 Å². The Hall–Kier alpha value is -2.62. The second kappa shape index (κ2) is 8.86. The zero-order chi connectivity index (χ0) is 22.0. The molecule has 3 aromatic rings. The predicted molar refractivity (Wildman–Crippen MR) is 116 cm³/mol. The molecule has 0 aliphatic carbocycles. The number of hydrogen-bond acceptors (Lipinski definition) is 5. The summed E-state index contributed by atoms with van der Waals surface area (Å²) in [7, 11) is -3.81. The number of nitrogens with zero attached hydrogens (tertiary/aromatic N) is 1. The maximum Gasteiger partial charge on any atom is 0.417 e. The van der Waals surface area contributed by atoms with Gasteiger partial charge in [0.15, 0.2) is 5.58 Å². The first-order valence-electron chi connectivity index (χ1n) is 9.98. The minimum Gasteiger partial charge on any atom is -0.408 e. The van der Waals surface area contributed by atoms with Crippen LogP contribution in [0.3, 0.4) is 0 Å². The molecule has 0 unspecified atom stereocenters. The molecule has 0 saturated carbocycles. The van der Waals surface area contributed by atoms with E-state index in [4.69, 9.17) is 16.0 Å². The molecule has 1 saturated heterocycles. The van der Waals surface area contributed by atoms with Crippen molar-refractivity contribution in [3.63, 3.8) is 0 Å². The van der Waals surface area contributed by atoms with Gasteiger partial charge >= 0.3 is 5.76 Å². The van der Waals surface area contributed by atoms with Crippen LogP contribution in [0, 0.1) is 5.92 Å². The van der Waals surface area contributed by atoms with Crippen LogP contribution in [-0.4, -0.2) is 43.2 Å². The average molecular weight is 464 g/mol. The molecule has 1 aliphatic heterocycles. The number of aromatic nitrogens is 1. The van der Waals surface area contributed by atoms with E-state index in [2.05, 4.69) is 10.3 Å². The molecule has 10 heteroatoms. The Morgan fingerprint density at radius 2 is 2.00 bits per heavy atom. The van der Waals surface area contributed by atoms with Crippen LogP contribution in [0.1, 0.15) is 18.4 Å². The fraction of sp³-hybridized carbons (Fsp3) is 0.333. The summed E-state index contributed by atoms with van der Waals surface area (Å²) in [6.45, 7) is 0.920. The molecule has 0 bridgehead atoms. The number of piperidine rings is 1. The Morgan fingerprint density at radius 3 is 2.77 bits per heavy atom. The highest BCUT2D eigenvalue weighted by Crippen LogP contribution is 2.25. The number of rotatable bonds is 6. The summed E-state index contributed by atoms with van der Waals surface area (Å²) in [5.41, 5.74) is 1.67. The highest BCUT2D eigenvalue weighted by molar-refractivity contribution is 7.89. The maximum absolute atomic E-state index is 13.1. The molecule has 4 rings (SSSR count). The first-order valence-corrected chi connectivity index (χ1v) is 11.8. The van der Waals surface area contributed by atoms with E-state index in [0.29, 0.717) is 42.9 Å². The normalized spacial score (nSPS) is 17.6. The number of fused-ring (bicyclic) bond motifs is 1. The molecule has 1 amide bonds. The standard InChI is InChI=1S/C21H22ClN3O5S/c22-16-5-3-14(4-6-16)9-10-23-20(26)15-2-1-11-25(13-15)31(28,29)17-7-8-18-19(12-17)30-21(27)24-18/h3-8,12,15H,1-2,9-11,13H2,(H,23,26)(H,24,27)/t15-/m1/s1. The topological polar surface area (TPSA) is 112 Å². The van der Waals surface area contributed by atoms with Gasteiger partial charge in [-0.25, -0.2) is 13.2 Å². The summed E-state index contributed by atoms with van der Waals surface area (Å²) in [6, 6.07) is 11.7. The molecule has 1 aromatic heterocycles. The number of oxazole rings is 1. The van der Waals surface area contributed by atoms with Gasteiger partial charge in [0.25, 0.3) is 0 Å². The number of halogens is 1. The Kier molecular flexibility index (Phi) is 6.17. The van der Waals surface area contributed by atoms with Crippen LogP contribution in [0.5, 0.6) is 0 Å². The fourth-order valence-corrected chi connectivity index (χ4v) is 5.40. The summed E-state index contributed by atoms with van der Waals surface area (Å²) in [6.07, 6.45) is 1.89. The smallest absolute Gasteiger partial charge is 0.408 e. The second-order valence-corrected chi connectivity index (χ2v) is 9.92. The van der Waals surface area contributed by atoms with Crippen LogP contribution in [-0.2, 0) is 21.2 Å². The summed E-state index contributed by atoms with van der Waals surface area (Å²) in [5, 5.41) is 3.57. The van der Waals surface area contributed by atoms with Gasteiger partial charge < -0.3 is 9.73 Å². The van der Waals surface area contributed by atoms with Crippen molar-refractivity contribution in [2.45, 2.75) is 24.2 Å². The number of benzene rings is 2. The van der Waals surface area contributed by atoms with Gasteiger partial charge in [0, 0.05) is 30.7 Å². The van der Waals surface area contributed by atoms with Gasteiger partial charge in [0.05, 0.1) is 16.3 Å². The van der Waals surface area contributed by atoms with Gasteiger partial charge in [0.1, 0.15) is 0 Å². The zero-order valence-electron chi connectivity index (χ0n) is 16.6. The summed E-state index contributed by atoms with van der Waals surface area (Å²) in [4.78, 5) is 26.5. The van der Waals surface area contributed by atoms with Crippen molar-refractivity contribution >= 4 is 38.6 Å². The number of carbonyl (C=O) groups excluding carboxylic acids is 1. The van der Waals surface area contributed by atoms with Crippen LogP contribution in [0.25, 0.3) is 11.1 Å². The minimum atomic E-state index is -3.81. The van der Waals surface area contributed by atoms with E-state index in [1.165, 1.54) is 22.5 Å². The van der Waals surface area contributed by atoms with Crippen molar-refractivity contribution in [1.29, 1.82) is 0 Å². The first kappa shape index (κ1) is 21.6. The molecule has 2 heterocycles. The van der Waals surface area contributed by atoms with E-state index in [0.717, 1.165) is 5.56 Å². The van der Waals surface area contributed by atoms with Gasteiger partial charge in [-0.05, 0) is 49.1 Å². The zero-order valence-corrected chi connectivity index (χ0v) is 18.2. The van der Waals surface area contributed by atoms with Crippen molar-refractivity contribution in [1.82, 2.24) is 14.6 Å². The van der Waals surface area contributed by atoms with Crippen molar-refractivity contribution < 1.29 is 17.6 Å². The monoisotopic (exact) mass is 463 g/mol.